The lowest BCUT2D eigenvalue weighted by atomic mass is 9.80. The molecule has 0 saturated carbocycles. The molecular weight excluding hydrogens is 286 g/mol. The Bertz CT molecular complexity index is 672. The first-order chi connectivity index (χ1) is 10.1. The average Bonchev–Trinajstić information content (AvgIpc) is 2.95. The first-order valence-electron chi connectivity index (χ1n) is 7.27. The van der Waals surface area contributed by atoms with Crippen molar-refractivity contribution in [2.45, 2.75) is 24.2 Å². The van der Waals surface area contributed by atoms with Crippen LogP contribution in [0.2, 0.25) is 0 Å². The van der Waals surface area contributed by atoms with Gasteiger partial charge in [0.25, 0.3) is 0 Å². The van der Waals surface area contributed by atoms with Crippen LogP contribution in [-0.4, -0.2) is 38.9 Å². The molecule has 2 saturated heterocycles. The van der Waals surface area contributed by atoms with E-state index in [1.54, 1.807) is 22.5 Å². The fourth-order valence-electron chi connectivity index (χ4n) is 3.43. The van der Waals surface area contributed by atoms with Crippen LogP contribution >= 0.6 is 0 Å². The van der Waals surface area contributed by atoms with Gasteiger partial charge in [0.05, 0.1) is 10.5 Å². The number of hydrogen-bond acceptors (Lipinski definition) is 4. The maximum absolute atomic E-state index is 12.9. The van der Waals surface area contributed by atoms with Crippen molar-refractivity contribution in [3.05, 3.63) is 29.8 Å². The summed E-state index contributed by atoms with van der Waals surface area (Å²) in [7, 11) is -3.59. The highest BCUT2D eigenvalue weighted by Gasteiger charge is 2.42. The van der Waals surface area contributed by atoms with Crippen molar-refractivity contribution in [1.29, 1.82) is 5.26 Å². The summed E-state index contributed by atoms with van der Waals surface area (Å²) >= 11 is 0. The van der Waals surface area contributed by atoms with Gasteiger partial charge in [0.2, 0.25) is 10.0 Å². The van der Waals surface area contributed by atoms with Crippen LogP contribution in [0.25, 0.3) is 0 Å². The minimum absolute atomic E-state index is 0.0763. The van der Waals surface area contributed by atoms with Crippen LogP contribution in [0.1, 0.15) is 24.8 Å². The van der Waals surface area contributed by atoms with Crippen LogP contribution in [0.4, 0.5) is 0 Å². The molecule has 1 spiro atoms. The van der Waals surface area contributed by atoms with Gasteiger partial charge in [0.15, 0.2) is 0 Å². The van der Waals surface area contributed by atoms with E-state index in [0.29, 0.717) is 13.1 Å². The lowest BCUT2D eigenvalue weighted by molar-refractivity contribution is 0.166. The Hall–Kier alpha value is -1.42. The second-order valence-corrected chi connectivity index (χ2v) is 7.88. The number of benzene rings is 1. The normalized spacial score (nSPS) is 26.8. The highest BCUT2D eigenvalue weighted by Crippen LogP contribution is 2.37. The molecule has 0 aliphatic carbocycles. The summed E-state index contributed by atoms with van der Waals surface area (Å²) in [4.78, 5) is 0.135. The van der Waals surface area contributed by atoms with Crippen LogP contribution in [-0.2, 0) is 10.0 Å². The Labute approximate surface area is 125 Å². The molecule has 3 rings (SSSR count). The van der Waals surface area contributed by atoms with E-state index in [9.17, 15) is 8.42 Å². The quantitative estimate of drug-likeness (QED) is 0.894. The Balaban J connectivity index is 1.93. The third-order valence-corrected chi connectivity index (χ3v) is 6.49. The maximum Gasteiger partial charge on any atom is 0.244 e. The Morgan fingerprint density at radius 2 is 2.10 bits per heavy atom. The summed E-state index contributed by atoms with van der Waals surface area (Å²) in [6.45, 7) is 2.95. The lowest BCUT2D eigenvalue weighted by Gasteiger charge is -2.39. The second kappa shape index (κ2) is 5.41. The Morgan fingerprint density at radius 3 is 2.81 bits per heavy atom. The van der Waals surface area contributed by atoms with Gasteiger partial charge in [0.1, 0.15) is 6.07 Å². The van der Waals surface area contributed by atoms with Crippen molar-refractivity contribution >= 4 is 10.0 Å². The molecule has 2 aliphatic rings. The van der Waals surface area contributed by atoms with E-state index in [4.69, 9.17) is 5.26 Å². The van der Waals surface area contributed by atoms with Crippen molar-refractivity contribution in [3.63, 3.8) is 0 Å². The summed E-state index contributed by atoms with van der Waals surface area (Å²) in [6, 6.07) is 8.43. The predicted molar refractivity (Wildman–Crippen MR) is 79.1 cm³/mol. The van der Waals surface area contributed by atoms with Crippen LogP contribution in [0, 0.1) is 16.7 Å². The largest absolute Gasteiger partial charge is 0.316 e. The van der Waals surface area contributed by atoms with E-state index >= 15 is 0 Å². The zero-order chi connectivity index (χ0) is 14.9. The molecule has 2 fully saturated rings. The third-order valence-electron chi connectivity index (χ3n) is 4.58. The van der Waals surface area contributed by atoms with Gasteiger partial charge in [-0.15, -0.1) is 0 Å². The SMILES string of the molecule is N#Cc1ccccc1S(=O)(=O)N1CCC[C@]2(CCNC2)C1. The molecule has 1 aromatic carbocycles. The molecule has 0 radical (unpaired) electrons. The molecule has 2 aliphatic heterocycles. The molecule has 112 valence electrons. The van der Waals surface area contributed by atoms with Crippen LogP contribution in [0.15, 0.2) is 29.2 Å². The molecule has 0 aromatic heterocycles. The van der Waals surface area contributed by atoms with Crippen LogP contribution < -0.4 is 5.32 Å². The van der Waals surface area contributed by atoms with Crippen LogP contribution in [0.3, 0.4) is 0 Å². The van der Waals surface area contributed by atoms with Gasteiger partial charge in [-0.1, -0.05) is 12.1 Å². The maximum atomic E-state index is 12.9. The second-order valence-electron chi connectivity index (χ2n) is 5.98. The van der Waals surface area contributed by atoms with E-state index in [-0.39, 0.29) is 15.9 Å². The van der Waals surface area contributed by atoms with E-state index < -0.39 is 10.0 Å². The van der Waals surface area contributed by atoms with E-state index in [1.165, 1.54) is 6.07 Å². The van der Waals surface area contributed by atoms with Gasteiger partial charge >= 0.3 is 0 Å². The number of nitrogens with one attached hydrogen (secondary N) is 1. The molecule has 6 heteroatoms. The average molecular weight is 305 g/mol. The van der Waals surface area contributed by atoms with Crippen molar-refractivity contribution in [3.8, 4) is 6.07 Å². The molecule has 0 bridgehead atoms. The van der Waals surface area contributed by atoms with Gasteiger partial charge in [-0.2, -0.15) is 9.57 Å². The van der Waals surface area contributed by atoms with E-state index in [0.717, 1.165) is 32.4 Å². The highest BCUT2D eigenvalue weighted by molar-refractivity contribution is 7.89. The smallest absolute Gasteiger partial charge is 0.244 e. The third kappa shape index (κ3) is 2.57. The topological polar surface area (TPSA) is 73.2 Å². The molecule has 5 nitrogen and oxygen atoms in total. The fourth-order valence-corrected chi connectivity index (χ4v) is 5.17. The summed E-state index contributed by atoms with van der Waals surface area (Å²) in [5, 5.41) is 12.5. The lowest BCUT2D eigenvalue weighted by Crippen LogP contribution is -2.47. The monoisotopic (exact) mass is 305 g/mol. The molecule has 1 N–H and O–H groups in total. The number of piperidine rings is 1. The number of nitriles is 1. The number of sulfonamides is 1. The molecule has 2 heterocycles. The Kier molecular flexibility index (Phi) is 3.74. The molecule has 0 amide bonds. The summed E-state index contributed by atoms with van der Waals surface area (Å²) in [5.74, 6) is 0. The minimum Gasteiger partial charge on any atom is -0.316 e. The molecule has 1 atom stereocenters. The number of rotatable bonds is 2. The molecule has 21 heavy (non-hydrogen) atoms. The highest BCUT2D eigenvalue weighted by atomic mass is 32.2. The summed E-state index contributed by atoms with van der Waals surface area (Å²) in [5.41, 5.74) is 0.300. The van der Waals surface area contributed by atoms with Gasteiger partial charge in [-0.25, -0.2) is 8.42 Å². The number of nitrogens with zero attached hydrogens (tertiary/aromatic N) is 2. The zero-order valence-corrected chi connectivity index (χ0v) is 12.7. The molecular formula is C15H19N3O2S. The van der Waals surface area contributed by atoms with Gasteiger partial charge in [-0.3, -0.25) is 0 Å². The van der Waals surface area contributed by atoms with Crippen molar-refractivity contribution < 1.29 is 8.42 Å². The van der Waals surface area contributed by atoms with E-state index in [1.807, 2.05) is 6.07 Å². The fraction of sp³-hybridized carbons (Fsp3) is 0.533. The van der Waals surface area contributed by atoms with Gasteiger partial charge in [-0.05, 0) is 43.4 Å². The molecule has 1 aromatic rings. The summed E-state index contributed by atoms with van der Waals surface area (Å²) in [6.07, 6.45) is 2.99. The number of hydrogen-bond donors (Lipinski definition) is 1. The van der Waals surface area contributed by atoms with Crippen LogP contribution in [0.5, 0.6) is 0 Å². The minimum atomic E-state index is -3.59. The first kappa shape index (κ1) is 14.5. The van der Waals surface area contributed by atoms with E-state index in [2.05, 4.69) is 5.32 Å². The predicted octanol–water partition coefficient (Wildman–Crippen LogP) is 1.32. The summed E-state index contributed by atoms with van der Waals surface area (Å²) < 4.78 is 27.3. The standard InChI is InChI=1S/C15H19N3O2S/c16-10-13-4-1-2-5-14(13)21(19,20)18-9-3-6-15(12-18)7-8-17-11-15/h1-2,4-5,17H,3,6-9,11-12H2/t15-/m1/s1. The van der Waals surface area contributed by atoms with Gasteiger partial charge in [0, 0.05) is 19.6 Å². The first-order valence-corrected chi connectivity index (χ1v) is 8.71. The van der Waals surface area contributed by atoms with Gasteiger partial charge < -0.3 is 5.32 Å². The van der Waals surface area contributed by atoms with Crippen molar-refractivity contribution in [2.24, 2.45) is 5.41 Å². The Morgan fingerprint density at radius 1 is 1.29 bits per heavy atom. The van der Waals surface area contributed by atoms with Crippen molar-refractivity contribution in [2.75, 3.05) is 26.2 Å². The van der Waals surface area contributed by atoms with Crippen molar-refractivity contribution in [1.82, 2.24) is 9.62 Å². The zero-order valence-electron chi connectivity index (χ0n) is 11.9. The molecule has 0 unspecified atom stereocenters.